The monoisotopic (exact) mass is 364 g/mol. The van der Waals surface area contributed by atoms with Gasteiger partial charge in [-0.3, -0.25) is 0 Å². The second-order valence-electron chi connectivity index (χ2n) is 6.49. The fourth-order valence-electron chi connectivity index (χ4n) is 3.09. The van der Waals surface area contributed by atoms with Crippen molar-refractivity contribution in [1.82, 2.24) is 15.1 Å². The lowest BCUT2D eigenvalue weighted by atomic mass is 10.1. The molecule has 4 rings (SSSR count). The molecular formula is C20H20N4O3. The molecule has 1 fully saturated rings. The number of phenols is 2. The maximum absolute atomic E-state index is 9.54. The molecule has 0 spiro atoms. The van der Waals surface area contributed by atoms with Crippen molar-refractivity contribution < 1.29 is 14.7 Å². The van der Waals surface area contributed by atoms with E-state index in [1.807, 2.05) is 12.1 Å². The molecule has 1 saturated heterocycles. The molecule has 0 unspecified atom stereocenters. The molecule has 1 aliphatic heterocycles. The zero-order valence-electron chi connectivity index (χ0n) is 14.7. The Morgan fingerprint density at radius 2 is 1.81 bits per heavy atom. The van der Waals surface area contributed by atoms with Crippen LogP contribution in [0.5, 0.6) is 11.5 Å². The summed E-state index contributed by atoms with van der Waals surface area (Å²) in [5, 5.41) is 22.9. The zero-order valence-corrected chi connectivity index (χ0v) is 14.7. The van der Waals surface area contributed by atoms with E-state index in [-0.39, 0.29) is 11.5 Å². The molecule has 0 atom stereocenters. The molecule has 0 aliphatic carbocycles. The van der Waals surface area contributed by atoms with Gasteiger partial charge in [0.05, 0.1) is 0 Å². The largest absolute Gasteiger partial charge is 0.504 e. The van der Waals surface area contributed by atoms with Gasteiger partial charge in [0.15, 0.2) is 11.5 Å². The number of pyridine rings is 1. The predicted molar refractivity (Wildman–Crippen MR) is 102 cm³/mol. The van der Waals surface area contributed by atoms with Gasteiger partial charge in [-0.1, -0.05) is 11.2 Å². The third-order valence-corrected chi connectivity index (χ3v) is 4.54. The molecule has 7 heteroatoms. The van der Waals surface area contributed by atoms with E-state index in [1.54, 1.807) is 24.4 Å². The number of hydrogen-bond donors (Lipinski definition) is 2. The van der Waals surface area contributed by atoms with Gasteiger partial charge < -0.3 is 19.6 Å². The van der Waals surface area contributed by atoms with Gasteiger partial charge in [0.2, 0.25) is 5.82 Å². The van der Waals surface area contributed by atoms with Gasteiger partial charge in [0.1, 0.15) is 5.82 Å². The maximum atomic E-state index is 9.54. The number of benzene rings is 1. The number of rotatable bonds is 4. The molecule has 0 bridgehead atoms. The summed E-state index contributed by atoms with van der Waals surface area (Å²) in [6.45, 7) is 2.05. The fraction of sp³-hybridized carbons (Fsp3) is 0.250. The fourth-order valence-corrected chi connectivity index (χ4v) is 3.09. The van der Waals surface area contributed by atoms with E-state index in [0.29, 0.717) is 17.3 Å². The molecule has 7 nitrogen and oxygen atoms in total. The van der Waals surface area contributed by atoms with Crippen LogP contribution < -0.4 is 4.90 Å². The third-order valence-electron chi connectivity index (χ3n) is 4.54. The highest BCUT2D eigenvalue weighted by Crippen LogP contribution is 2.26. The van der Waals surface area contributed by atoms with Crippen LogP contribution in [0.1, 0.15) is 30.7 Å². The average molecular weight is 364 g/mol. The summed E-state index contributed by atoms with van der Waals surface area (Å²) < 4.78 is 5.29. The molecule has 0 saturated carbocycles. The zero-order chi connectivity index (χ0) is 18.6. The van der Waals surface area contributed by atoms with Gasteiger partial charge in [0.25, 0.3) is 5.89 Å². The van der Waals surface area contributed by atoms with E-state index >= 15 is 0 Å². The minimum absolute atomic E-state index is 0.158. The van der Waals surface area contributed by atoms with Crippen molar-refractivity contribution in [3.8, 4) is 22.9 Å². The highest BCUT2D eigenvalue weighted by Gasteiger charge is 2.14. The molecule has 1 aromatic carbocycles. The van der Waals surface area contributed by atoms with Crippen LogP contribution in [0.3, 0.4) is 0 Å². The Hall–Kier alpha value is -3.35. The summed E-state index contributed by atoms with van der Waals surface area (Å²) in [4.78, 5) is 11.2. The van der Waals surface area contributed by atoms with Crippen molar-refractivity contribution in [2.24, 2.45) is 0 Å². The van der Waals surface area contributed by atoms with Gasteiger partial charge in [-0.2, -0.15) is 4.98 Å². The van der Waals surface area contributed by atoms with Crippen LogP contribution in [0.15, 0.2) is 41.1 Å². The number of hydrogen-bond acceptors (Lipinski definition) is 7. The van der Waals surface area contributed by atoms with Crippen LogP contribution in [0, 0.1) is 0 Å². The average Bonchev–Trinajstić information content (AvgIpc) is 3.19. The SMILES string of the molecule is Oc1ccc(/C=C/c2nc(-c3ccnc(N4CCCCC4)c3)no2)cc1O. The molecule has 3 aromatic rings. The van der Waals surface area contributed by atoms with E-state index < -0.39 is 0 Å². The van der Waals surface area contributed by atoms with Crippen LogP contribution in [-0.4, -0.2) is 38.4 Å². The summed E-state index contributed by atoms with van der Waals surface area (Å²) in [7, 11) is 0. The molecule has 0 radical (unpaired) electrons. The maximum Gasteiger partial charge on any atom is 0.250 e. The molecule has 1 aliphatic rings. The molecule has 3 heterocycles. The van der Waals surface area contributed by atoms with Crippen molar-refractivity contribution in [3.63, 3.8) is 0 Å². The van der Waals surface area contributed by atoms with Crippen LogP contribution >= 0.6 is 0 Å². The summed E-state index contributed by atoms with van der Waals surface area (Å²) in [6.07, 6.45) is 8.81. The van der Waals surface area contributed by atoms with E-state index in [2.05, 4.69) is 20.0 Å². The Labute approximate surface area is 156 Å². The minimum atomic E-state index is -0.176. The van der Waals surface area contributed by atoms with Crippen molar-refractivity contribution in [2.45, 2.75) is 19.3 Å². The molecule has 27 heavy (non-hydrogen) atoms. The van der Waals surface area contributed by atoms with Crippen LogP contribution in [-0.2, 0) is 0 Å². The molecular weight excluding hydrogens is 344 g/mol. The second kappa shape index (κ2) is 7.49. The standard InChI is InChI=1S/C20H20N4O3/c25-16-6-4-14(12-17(16)26)5-7-19-22-20(23-27-19)15-8-9-21-18(13-15)24-10-2-1-3-11-24/h4-9,12-13,25-26H,1-3,10-11H2/b7-5+. The predicted octanol–water partition coefficient (Wildman–Crippen LogP) is 3.70. The van der Waals surface area contributed by atoms with Crippen molar-refractivity contribution in [1.29, 1.82) is 0 Å². The van der Waals surface area contributed by atoms with Gasteiger partial charge in [-0.25, -0.2) is 4.98 Å². The number of phenolic OH excluding ortho intramolecular Hbond substituents is 2. The van der Waals surface area contributed by atoms with Crippen LogP contribution in [0.4, 0.5) is 5.82 Å². The topological polar surface area (TPSA) is 95.5 Å². The first-order chi connectivity index (χ1) is 13.2. The second-order valence-corrected chi connectivity index (χ2v) is 6.49. The smallest absolute Gasteiger partial charge is 0.250 e. The highest BCUT2D eigenvalue weighted by molar-refractivity contribution is 5.68. The van der Waals surface area contributed by atoms with Crippen molar-refractivity contribution >= 4 is 18.0 Å². The molecule has 2 aromatic heterocycles. The first kappa shape index (κ1) is 17.1. The summed E-state index contributed by atoms with van der Waals surface area (Å²) in [6, 6.07) is 8.41. The van der Waals surface area contributed by atoms with Crippen molar-refractivity contribution in [2.75, 3.05) is 18.0 Å². The normalized spacial score (nSPS) is 14.7. The molecule has 0 amide bonds. The lowest BCUT2D eigenvalue weighted by Gasteiger charge is -2.27. The first-order valence-corrected chi connectivity index (χ1v) is 8.94. The minimum Gasteiger partial charge on any atom is -0.504 e. The van der Waals surface area contributed by atoms with E-state index in [4.69, 9.17) is 4.52 Å². The van der Waals surface area contributed by atoms with Gasteiger partial charge in [-0.05, 0) is 55.2 Å². The van der Waals surface area contributed by atoms with Gasteiger partial charge >= 0.3 is 0 Å². The molecule has 2 N–H and O–H groups in total. The van der Waals surface area contributed by atoms with Crippen molar-refractivity contribution in [3.05, 3.63) is 48.0 Å². The van der Waals surface area contributed by atoms with E-state index in [9.17, 15) is 10.2 Å². The Kier molecular flexibility index (Phi) is 4.74. The van der Waals surface area contributed by atoms with E-state index in [0.717, 1.165) is 24.5 Å². The van der Waals surface area contributed by atoms with Crippen LogP contribution in [0.2, 0.25) is 0 Å². The Bertz CT molecular complexity index is 961. The van der Waals surface area contributed by atoms with Gasteiger partial charge in [-0.15, -0.1) is 0 Å². The number of nitrogens with zero attached hydrogens (tertiary/aromatic N) is 4. The Morgan fingerprint density at radius 1 is 0.963 bits per heavy atom. The lowest BCUT2D eigenvalue weighted by molar-refractivity contribution is 0.403. The number of aromatic nitrogens is 3. The number of anilines is 1. The third kappa shape index (κ3) is 3.92. The summed E-state index contributed by atoms with van der Waals surface area (Å²) in [5.41, 5.74) is 1.57. The Morgan fingerprint density at radius 3 is 2.63 bits per heavy atom. The lowest BCUT2D eigenvalue weighted by Crippen LogP contribution is -2.30. The first-order valence-electron chi connectivity index (χ1n) is 8.94. The number of piperidine rings is 1. The van der Waals surface area contributed by atoms with Crippen LogP contribution in [0.25, 0.3) is 23.5 Å². The molecule has 138 valence electrons. The number of aromatic hydroxyl groups is 2. The summed E-state index contributed by atoms with van der Waals surface area (Å²) in [5.74, 6) is 1.46. The van der Waals surface area contributed by atoms with E-state index in [1.165, 1.54) is 31.4 Å². The Balaban J connectivity index is 1.52. The summed E-state index contributed by atoms with van der Waals surface area (Å²) >= 11 is 0. The van der Waals surface area contributed by atoms with Gasteiger partial charge in [0, 0.05) is 30.9 Å². The quantitative estimate of drug-likeness (QED) is 0.681. The highest BCUT2D eigenvalue weighted by atomic mass is 16.5.